The monoisotopic (exact) mass is 450 g/mol. The molecule has 2 amide bonds. The van der Waals surface area contributed by atoms with Gasteiger partial charge in [-0.2, -0.15) is 0 Å². The first-order valence-corrected chi connectivity index (χ1v) is 11.5. The second-order valence-electron chi connectivity index (χ2n) is 7.93. The number of anilines is 2. The van der Waals surface area contributed by atoms with Gasteiger partial charge in [-0.15, -0.1) is 10.2 Å². The molecule has 0 aliphatic carbocycles. The van der Waals surface area contributed by atoms with Crippen LogP contribution in [0.1, 0.15) is 29.0 Å². The van der Waals surface area contributed by atoms with Gasteiger partial charge in [0.05, 0.1) is 12.5 Å². The summed E-state index contributed by atoms with van der Waals surface area (Å²) in [5.41, 5.74) is 3.14. The first kappa shape index (κ1) is 22.0. The van der Waals surface area contributed by atoms with Crippen molar-refractivity contribution in [3.8, 4) is 5.75 Å². The summed E-state index contributed by atoms with van der Waals surface area (Å²) in [4.78, 5) is 26.9. The summed E-state index contributed by atoms with van der Waals surface area (Å²) in [6.45, 7) is 5.01. The Balaban J connectivity index is 1.26. The lowest BCUT2D eigenvalue weighted by molar-refractivity contribution is -0.122. The van der Waals surface area contributed by atoms with Gasteiger partial charge in [-0.1, -0.05) is 35.6 Å². The quantitative estimate of drug-likeness (QED) is 0.521. The number of ether oxygens (including phenoxy) is 1. The smallest absolute Gasteiger partial charge is 0.231 e. The first-order chi connectivity index (χ1) is 15.5. The molecule has 4 rings (SSSR count). The summed E-state index contributed by atoms with van der Waals surface area (Å²) in [6.07, 6.45) is 1.73. The summed E-state index contributed by atoms with van der Waals surface area (Å²) >= 11 is 1.36. The minimum atomic E-state index is -0.407. The molecule has 32 heavy (non-hydrogen) atoms. The third-order valence-electron chi connectivity index (χ3n) is 5.54. The Labute approximate surface area is 191 Å². The predicted molar refractivity (Wildman–Crippen MR) is 125 cm³/mol. The first-order valence-electron chi connectivity index (χ1n) is 10.7. The Morgan fingerprint density at radius 1 is 1.16 bits per heavy atom. The average molecular weight is 451 g/mol. The van der Waals surface area contributed by atoms with Crippen LogP contribution in [0.3, 0.4) is 0 Å². The average Bonchev–Trinajstić information content (AvgIpc) is 3.40. The molecular formula is C24H26N4O3S. The van der Waals surface area contributed by atoms with Crippen molar-refractivity contribution in [3.05, 3.63) is 64.7 Å². The number of aromatic nitrogens is 2. The molecule has 1 N–H and O–H groups in total. The Morgan fingerprint density at radius 3 is 2.75 bits per heavy atom. The van der Waals surface area contributed by atoms with Crippen molar-refractivity contribution in [2.45, 2.75) is 33.1 Å². The van der Waals surface area contributed by atoms with Gasteiger partial charge in [0.2, 0.25) is 16.9 Å². The van der Waals surface area contributed by atoms with E-state index in [-0.39, 0.29) is 18.2 Å². The van der Waals surface area contributed by atoms with E-state index in [0.29, 0.717) is 18.3 Å². The van der Waals surface area contributed by atoms with Crippen molar-refractivity contribution in [2.24, 2.45) is 5.92 Å². The highest BCUT2D eigenvalue weighted by atomic mass is 32.1. The van der Waals surface area contributed by atoms with Crippen LogP contribution in [0.4, 0.5) is 10.8 Å². The van der Waals surface area contributed by atoms with Crippen LogP contribution in [0.5, 0.6) is 5.75 Å². The largest absolute Gasteiger partial charge is 0.494 e. The molecule has 0 spiro atoms. The van der Waals surface area contributed by atoms with Crippen LogP contribution in [-0.4, -0.2) is 35.2 Å². The third kappa shape index (κ3) is 5.31. The molecule has 1 aliphatic heterocycles. The van der Waals surface area contributed by atoms with Gasteiger partial charge < -0.3 is 15.0 Å². The van der Waals surface area contributed by atoms with Crippen LogP contribution in [0.25, 0.3) is 0 Å². The molecule has 2 aromatic carbocycles. The number of carbonyl (C=O) groups is 2. The number of carbonyl (C=O) groups excluding carboxylic acids is 2. The number of hydrogen-bond acceptors (Lipinski definition) is 6. The van der Waals surface area contributed by atoms with Crippen molar-refractivity contribution in [1.29, 1.82) is 0 Å². The maximum Gasteiger partial charge on any atom is 0.231 e. The number of rotatable bonds is 8. The molecular weight excluding hydrogens is 424 g/mol. The van der Waals surface area contributed by atoms with E-state index in [0.717, 1.165) is 34.8 Å². The Morgan fingerprint density at radius 2 is 1.97 bits per heavy atom. The zero-order valence-corrected chi connectivity index (χ0v) is 19.0. The molecule has 166 valence electrons. The fourth-order valence-corrected chi connectivity index (χ4v) is 4.35. The summed E-state index contributed by atoms with van der Waals surface area (Å²) in [6, 6.07) is 15.6. The Hall–Kier alpha value is -3.26. The van der Waals surface area contributed by atoms with Gasteiger partial charge in [0.1, 0.15) is 10.8 Å². The number of amides is 2. The molecule has 0 saturated carbocycles. The van der Waals surface area contributed by atoms with E-state index in [1.54, 1.807) is 4.90 Å². The van der Waals surface area contributed by atoms with Gasteiger partial charge in [0.15, 0.2) is 0 Å². The number of aryl methyl sites for hydroxylation is 3. The highest BCUT2D eigenvalue weighted by Gasteiger charge is 2.35. The van der Waals surface area contributed by atoms with Crippen molar-refractivity contribution in [2.75, 3.05) is 23.4 Å². The van der Waals surface area contributed by atoms with Crippen LogP contribution < -0.4 is 15.0 Å². The summed E-state index contributed by atoms with van der Waals surface area (Å²) in [7, 11) is 0. The fourth-order valence-electron chi connectivity index (χ4n) is 3.57. The Kier molecular flexibility index (Phi) is 6.80. The maximum absolute atomic E-state index is 12.7. The van der Waals surface area contributed by atoms with Crippen molar-refractivity contribution in [3.63, 3.8) is 0 Å². The minimum absolute atomic E-state index is 0.0372. The van der Waals surface area contributed by atoms with E-state index in [1.807, 2.05) is 62.4 Å². The van der Waals surface area contributed by atoms with Gasteiger partial charge in [0, 0.05) is 25.1 Å². The molecule has 1 aromatic heterocycles. The normalized spacial score (nSPS) is 15.8. The molecule has 1 unspecified atom stereocenters. The number of nitrogens with one attached hydrogen (secondary N) is 1. The van der Waals surface area contributed by atoms with Crippen molar-refractivity contribution < 1.29 is 14.3 Å². The van der Waals surface area contributed by atoms with Crippen LogP contribution in [0.15, 0.2) is 48.5 Å². The zero-order valence-electron chi connectivity index (χ0n) is 18.2. The van der Waals surface area contributed by atoms with Gasteiger partial charge in [-0.05, 0) is 55.7 Å². The maximum atomic E-state index is 12.7. The van der Waals surface area contributed by atoms with Gasteiger partial charge in [-0.3, -0.25) is 9.59 Å². The van der Waals surface area contributed by atoms with E-state index >= 15 is 0 Å². The van der Waals surface area contributed by atoms with E-state index in [9.17, 15) is 9.59 Å². The highest BCUT2D eigenvalue weighted by Crippen LogP contribution is 2.28. The zero-order chi connectivity index (χ0) is 22.5. The molecule has 1 aliphatic rings. The van der Waals surface area contributed by atoms with E-state index in [2.05, 4.69) is 15.5 Å². The minimum Gasteiger partial charge on any atom is -0.494 e. The SMILES string of the molecule is Cc1ccc(N2CC(C(=O)Nc3nnc(CCCOc4ccccc4)s3)CC2=O)cc1C. The van der Waals surface area contributed by atoms with Crippen molar-refractivity contribution in [1.82, 2.24) is 10.2 Å². The lowest BCUT2D eigenvalue weighted by Crippen LogP contribution is -2.28. The molecule has 1 atom stereocenters. The highest BCUT2D eigenvalue weighted by molar-refractivity contribution is 7.15. The lowest BCUT2D eigenvalue weighted by Gasteiger charge is -2.17. The molecule has 1 saturated heterocycles. The van der Waals surface area contributed by atoms with E-state index < -0.39 is 5.92 Å². The summed E-state index contributed by atoms with van der Waals surface area (Å²) < 4.78 is 5.69. The predicted octanol–water partition coefficient (Wildman–Crippen LogP) is 4.16. The molecule has 8 heteroatoms. The van der Waals surface area contributed by atoms with Gasteiger partial charge in [0.25, 0.3) is 0 Å². The summed E-state index contributed by atoms with van der Waals surface area (Å²) in [5, 5.41) is 12.4. The van der Waals surface area contributed by atoms with Crippen LogP contribution >= 0.6 is 11.3 Å². The lowest BCUT2D eigenvalue weighted by atomic mass is 10.1. The Bertz CT molecular complexity index is 1100. The number of hydrogen-bond donors (Lipinski definition) is 1. The van der Waals surface area contributed by atoms with Crippen LogP contribution in [0.2, 0.25) is 0 Å². The second-order valence-corrected chi connectivity index (χ2v) is 8.99. The van der Waals surface area contributed by atoms with Crippen LogP contribution in [0, 0.1) is 19.8 Å². The third-order valence-corrected chi connectivity index (χ3v) is 6.44. The number of benzene rings is 2. The second kappa shape index (κ2) is 9.91. The topological polar surface area (TPSA) is 84.4 Å². The number of para-hydroxylation sites is 1. The van der Waals surface area contributed by atoms with Gasteiger partial charge >= 0.3 is 0 Å². The molecule has 2 heterocycles. The van der Waals surface area contributed by atoms with E-state index in [1.165, 1.54) is 16.9 Å². The molecule has 3 aromatic rings. The fraction of sp³-hybridized carbons (Fsp3) is 0.333. The molecule has 0 bridgehead atoms. The van der Waals surface area contributed by atoms with Crippen molar-refractivity contribution >= 4 is 34.0 Å². The van der Waals surface area contributed by atoms with E-state index in [4.69, 9.17) is 4.74 Å². The van der Waals surface area contributed by atoms with Gasteiger partial charge in [-0.25, -0.2) is 0 Å². The molecule has 7 nitrogen and oxygen atoms in total. The standard InChI is InChI=1S/C24H26N4O3S/c1-16-10-11-19(13-17(16)2)28-15-18(14-22(28)29)23(30)25-24-27-26-21(32-24)9-6-12-31-20-7-4-3-5-8-20/h3-5,7-8,10-11,13,18H,6,9,12,14-15H2,1-2H3,(H,25,27,30). The number of nitrogens with zero attached hydrogens (tertiary/aromatic N) is 3. The molecule has 1 fully saturated rings. The molecule has 0 radical (unpaired) electrons. The van der Waals surface area contributed by atoms with Crippen LogP contribution in [-0.2, 0) is 16.0 Å². The summed E-state index contributed by atoms with van der Waals surface area (Å²) in [5.74, 6) is 0.207.